The van der Waals surface area contributed by atoms with Crippen molar-refractivity contribution in [2.75, 3.05) is 6.61 Å². The van der Waals surface area contributed by atoms with Gasteiger partial charge < -0.3 is 9.47 Å². The Morgan fingerprint density at radius 3 is 2.50 bits per heavy atom. The molecule has 130 valence electrons. The third-order valence-corrected chi connectivity index (χ3v) is 2.71. The van der Waals surface area contributed by atoms with E-state index in [1.54, 1.807) is 33.8 Å². The number of hydrogen-bond acceptors (Lipinski definition) is 6. The van der Waals surface area contributed by atoms with Crippen molar-refractivity contribution >= 4 is 23.7 Å². The van der Waals surface area contributed by atoms with E-state index in [4.69, 9.17) is 9.47 Å². The Bertz CT molecular complexity index is 657. The summed E-state index contributed by atoms with van der Waals surface area (Å²) < 4.78 is 10.1. The van der Waals surface area contributed by atoms with Gasteiger partial charge in [0.25, 0.3) is 5.69 Å². The zero-order valence-electron chi connectivity index (χ0n) is 14.2. The largest absolute Gasteiger partial charge is 0.463 e. The van der Waals surface area contributed by atoms with E-state index in [2.05, 4.69) is 0 Å². The number of hydrogen-bond donors (Lipinski definition) is 0. The number of nitrogens with zero attached hydrogens (tertiary/aromatic N) is 1. The van der Waals surface area contributed by atoms with Gasteiger partial charge in [-0.05, 0) is 39.3 Å². The summed E-state index contributed by atoms with van der Waals surface area (Å²) in [5, 5.41) is 10.8. The molecule has 0 saturated carbocycles. The molecule has 7 heteroatoms. The predicted octanol–water partition coefficient (Wildman–Crippen LogP) is 3.27. The summed E-state index contributed by atoms with van der Waals surface area (Å²) in [4.78, 5) is 34.3. The third-order valence-electron chi connectivity index (χ3n) is 2.71. The molecule has 0 amide bonds. The lowest BCUT2D eigenvalue weighted by atomic mass is 10.1. The lowest BCUT2D eigenvalue weighted by Crippen LogP contribution is -2.25. The van der Waals surface area contributed by atoms with Crippen LogP contribution in [0.4, 0.5) is 5.69 Å². The topological polar surface area (TPSA) is 95.7 Å². The summed E-state index contributed by atoms with van der Waals surface area (Å²) in [6.45, 7) is 6.97. The highest BCUT2D eigenvalue weighted by Crippen LogP contribution is 2.19. The maximum absolute atomic E-state index is 12.0. The van der Waals surface area contributed by atoms with Crippen LogP contribution in [0, 0.1) is 10.1 Å². The number of esters is 2. The first-order valence-electron chi connectivity index (χ1n) is 7.46. The highest BCUT2D eigenvalue weighted by molar-refractivity contribution is 5.98. The van der Waals surface area contributed by atoms with Crippen LogP contribution in [-0.4, -0.2) is 29.1 Å². The average molecular weight is 335 g/mol. The van der Waals surface area contributed by atoms with Crippen molar-refractivity contribution in [3.8, 4) is 0 Å². The van der Waals surface area contributed by atoms with Crippen molar-refractivity contribution in [1.82, 2.24) is 0 Å². The maximum atomic E-state index is 12.0. The number of carbonyl (C=O) groups excluding carboxylic acids is 2. The smallest absolute Gasteiger partial charge is 0.334 e. The van der Waals surface area contributed by atoms with E-state index < -0.39 is 22.5 Å². The summed E-state index contributed by atoms with van der Waals surface area (Å²) in [7, 11) is 0. The fourth-order valence-corrected chi connectivity index (χ4v) is 1.87. The van der Waals surface area contributed by atoms with Gasteiger partial charge in [0.1, 0.15) is 5.60 Å². The Hall–Kier alpha value is -2.70. The van der Waals surface area contributed by atoms with E-state index in [-0.39, 0.29) is 24.3 Å². The van der Waals surface area contributed by atoms with Crippen molar-refractivity contribution in [1.29, 1.82) is 0 Å². The number of ether oxygens (including phenoxy) is 2. The van der Waals surface area contributed by atoms with Crippen molar-refractivity contribution in [2.45, 2.75) is 39.7 Å². The number of benzene rings is 1. The first-order chi connectivity index (χ1) is 11.1. The first kappa shape index (κ1) is 19.3. The summed E-state index contributed by atoms with van der Waals surface area (Å²) in [6.07, 6.45) is 1.12. The van der Waals surface area contributed by atoms with E-state index in [9.17, 15) is 19.7 Å². The number of rotatable bonds is 6. The van der Waals surface area contributed by atoms with Crippen LogP contribution in [0.25, 0.3) is 6.08 Å². The normalized spacial score (nSPS) is 11.8. The fraction of sp³-hybridized carbons (Fsp3) is 0.412. The second kappa shape index (κ2) is 8.24. The highest BCUT2D eigenvalue weighted by Gasteiger charge is 2.21. The number of non-ortho nitro benzene ring substituents is 1. The van der Waals surface area contributed by atoms with Crippen molar-refractivity contribution < 1.29 is 24.0 Å². The molecule has 24 heavy (non-hydrogen) atoms. The van der Waals surface area contributed by atoms with Crippen LogP contribution in [0.15, 0.2) is 29.8 Å². The summed E-state index contributed by atoms with van der Waals surface area (Å²) in [5.41, 5.74) is -0.283. The van der Waals surface area contributed by atoms with Crippen molar-refractivity contribution in [2.24, 2.45) is 0 Å². The van der Waals surface area contributed by atoms with Gasteiger partial charge in [0.2, 0.25) is 0 Å². The lowest BCUT2D eigenvalue weighted by Gasteiger charge is -2.19. The zero-order chi connectivity index (χ0) is 18.3. The van der Waals surface area contributed by atoms with Gasteiger partial charge in [-0.25, -0.2) is 4.79 Å². The molecule has 1 aromatic rings. The molecule has 1 aromatic carbocycles. The predicted molar refractivity (Wildman–Crippen MR) is 88.2 cm³/mol. The zero-order valence-corrected chi connectivity index (χ0v) is 14.2. The van der Waals surface area contributed by atoms with Gasteiger partial charge >= 0.3 is 11.9 Å². The third kappa shape index (κ3) is 6.60. The van der Waals surface area contributed by atoms with Gasteiger partial charge in [-0.2, -0.15) is 0 Å². The van der Waals surface area contributed by atoms with E-state index in [1.807, 2.05) is 0 Å². The van der Waals surface area contributed by atoms with Crippen LogP contribution >= 0.6 is 0 Å². The Balaban J connectivity index is 3.09. The minimum atomic E-state index is -0.678. The van der Waals surface area contributed by atoms with Crippen LogP contribution < -0.4 is 0 Å². The van der Waals surface area contributed by atoms with Crippen LogP contribution in [0.5, 0.6) is 0 Å². The Kier molecular flexibility index (Phi) is 6.64. The van der Waals surface area contributed by atoms with Crippen LogP contribution in [-0.2, 0) is 19.1 Å². The molecule has 0 aliphatic carbocycles. The molecule has 0 atom stereocenters. The molecule has 0 heterocycles. The number of carbonyl (C=O) groups is 2. The molecular weight excluding hydrogens is 314 g/mol. The monoisotopic (exact) mass is 335 g/mol. The Morgan fingerprint density at radius 2 is 1.96 bits per heavy atom. The Morgan fingerprint density at radius 1 is 1.29 bits per heavy atom. The van der Waals surface area contributed by atoms with Crippen LogP contribution in [0.1, 0.15) is 39.7 Å². The SMILES string of the molecule is CCOC(=O)/C(=C/c1cccc([N+](=O)[O-])c1)CC(=O)OC(C)(C)C. The van der Waals surface area contributed by atoms with Crippen molar-refractivity contribution in [3.63, 3.8) is 0 Å². The highest BCUT2D eigenvalue weighted by atomic mass is 16.6. The molecule has 0 bridgehead atoms. The summed E-state index contributed by atoms with van der Waals surface area (Å²) in [5.74, 6) is -1.23. The van der Waals surface area contributed by atoms with Gasteiger partial charge in [-0.3, -0.25) is 14.9 Å². The van der Waals surface area contributed by atoms with Crippen molar-refractivity contribution in [3.05, 3.63) is 45.5 Å². The van der Waals surface area contributed by atoms with Gasteiger partial charge in [0.15, 0.2) is 0 Å². The summed E-state index contributed by atoms with van der Waals surface area (Å²) >= 11 is 0. The van der Waals surface area contributed by atoms with Gasteiger partial charge in [0.05, 0.1) is 18.0 Å². The summed E-state index contributed by atoms with van der Waals surface area (Å²) in [6, 6.07) is 5.76. The van der Waals surface area contributed by atoms with E-state index in [0.717, 1.165) is 0 Å². The standard InChI is InChI=1S/C17H21NO6/c1-5-23-16(20)13(11-15(19)24-17(2,3)4)9-12-7-6-8-14(10-12)18(21)22/h6-10H,5,11H2,1-4H3/b13-9+. The number of nitro groups is 1. The quantitative estimate of drug-likeness (QED) is 0.343. The molecule has 0 aliphatic rings. The Labute approximate surface area is 140 Å². The maximum Gasteiger partial charge on any atom is 0.334 e. The average Bonchev–Trinajstić information content (AvgIpc) is 2.45. The van der Waals surface area contributed by atoms with Crippen LogP contribution in [0.2, 0.25) is 0 Å². The lowest BCUT2D eigenvalue weighted by molar-refractivity contribution is -0.384. The molecule has 0 N–H and O–H groups in total. The molecule has 0 aliphatic heterocycles. The number of nitro benzene ring substituents is 1. The van der Waals surface area contributed by atoms with Gasteiger partial charge in [-0.1, -0.05) is 12.1 Å². The molecule has 7 nitrogen and oxygen atoms in total. The van der Waals surface area contributed by atoms with E-state index in [1.165, 1.54) is 24.3 Å². The fourth-order valence-electron chi connectivity index (χ4n) is 1.87. The van der Waals surface area contributed by atoms with Gasteiger partial charge in [-0.15, -0.1) is 0 Å². The minimum Gasteiger partial charge on any atom is -0.463 e. The molecule has 0 saturated heterocycles. The van der Waals surface area contributed by atoms with Gasteiger partial charge in [0, 0.05) is 17.7 Å². The molecule has 0 aromatic heterocycles. The van der Waals surface area contributed by atoms with Crippen LogP contribution in [0.3, 0.4) is 0 Å². The molecule has 0 unspecified atom stereocenters. The molecule has 0 radical (unpaired) electrons. The van der Waals surface area contributed by atoms with E-state index >= 15 is 0 Å². The second-order valence-electron chi connectivity index (χ2n) is 6.01. The molecule has 0 spiro atoms. The molecular formula is C17H21NO6. The molecule has 1 rings (SSSR count). The minimum absolute atomic E-state index is 0.0756. The second-order valence-corrected chi connectivity index (χ2v) is 6.01. The van der Waals surface area contributed by atoms with E-state index in [0.29, 0.717) is 5.56 Å². The molecule has 0 fully saturated rings. The first-order valence-corrected chi connectivity index (χ1v) is 7.46.